The summed E-state index contributed by atoms with van der Waals surface area (Å²) in [5.74, 6) is 7.84. The minimum atomic E-state index is -0.178. The average Bonchev–Trinajstić information content (AvgIpc) is 3.46. The highest BCUT2D eigenvalue weighted by atomic mass is 16.5. The molecule has 0 saturated carbocycles. The summed E-state index contributed by atoms with van der Waals surface area (Å²) in [5.41, 5.74) is 8.62. The number of rotatable bonds is 4. The highest BCUT2D eigenvalue weighted by molar-refractivity contribution is 5.94. The van der Waals surface area contributed by atoms with Gasteiger partial charge in [0, 0.05) is 24.5 Å². The molecule has 164 valence electrons. The van der Waals surface area contributed by atoms with E-state index in [4.69, 9.17) is 15.5 Å². The average molecular weight is 438 g/mol. The van der Waals surface area contributed by atoms with Crippen molar-refractivity contribution in [2.45, 2.75) is 25.8 Å². The molecule has 5 rings (SSSR count). The lowest BCUT2D eigenvalue weighted by Gasteiger charge is -2.21. The van der Waals surface area contributed by atoms with Crippen molar-refractivity contribution in [3.63, 3.8) is 0 Å². The van der Waals surface area contributed by atoms with Gasteiger partial charge in [-0.25, -0.2) is 9.97 Å². The third-order valence-corrected chi connectivity index (χ3v) is 5.76. The van der Waals surface area contributed by atoms with Gasteiger partial charge in [0.25, 0.3) is 5.91 Å². The van der Waals surface area contributed by atoms with Gasteiger partial charge in [-0.3, -0.25) is 9.20 Å². The zero-order valence-electron chi connectivity index (χ0n) is 18.2. The van der Waals surface area contributed by atoms with Gasteiger partial charge in [-0.1, -0.05) is 24.1 Å². The molecule has 1 aliphatic rings. The Hall–Kier alpha value is -4.31. The third-order valence-electron chi connectivity index (χ3n) is 5.76. The minimum Gasteiger partial charge on any atom is -0.457 e. The summed E-state index contributed by atoms with van der Waals surface area (Å²) in [4.78, 5) is 23.6. The van der Waals surface area contributed by atoms with E-state index < -0.39 is 0 Å². The van der Waals surface area contributed by atoms with Crippen molar-refractivity contribution in [3.8, 4) is 34.6 Å². The number of fused-ring (bicyclic) bond motifs is 1. The molecule has 1 atom stereocenters. The lowest BCUT2D eigenvalue weighted by molar-refractivity contribution is -0.126. The molecule has 1 saturated heterocycles. The van der Waals surface area contributed by atoms with Crippen LogP contribution in [0.15, 0.2) is 67.0 Å². The van der Waals surface area contributed by atoms with Crippen LogP contribution < -0.4 is 10.5 Å². The zero-order valence-corrected chi connectivity index (χ0v) is 18.2. The van der Waals surface area contributed by atoms with Crippen LogP contribution in [-0.2, 0) is 4.79 Å². The van der Waals surface area contributed by atoms with E-state index in [1.807, 2.05) is 65.2 Å². The summed E-state index contributed by atoms with van der Waals surface area (Å²) in [7, 11) is 0. The van der Waals surface area contributed by atoms with Gasteiger partial charge in [-0.2, -0.15) is 0 Å². The molecule has 1 amide bonds. The maximum atomic E-state index is 12.6. The highest BCUT2D eigenvalue weighted by Crippen LogP contribution is 2.37. The molecule has 7 heteroatoms. The van der Waals surface area contributed by atoms with Gasteiger partial charge in [-0.05, 0) is 62.1 Å². The van der Waals surface area contributed by atoms with Crippen LogP contribution in [0.1, 0.15) is 31.6 Å². The number of hydrogen-bond acceptors (Lipinski definition) is 5. The number of anilines is 1. The fourth-order valence-electron chi connectivity index (χ4n) is 4.29. The molecule has 33 heavy (non-hydrogen) atoms. The fraction of sp³-hybridized carbons (Fsp3) is 0.192. The van der Waals surface area contributed by atoms with Crippen LogP contribution >= 0.6 is 0 Å². The molecule has 1 aliphatic heterocycles. The quantitative estimate of drug-likeness (QED) is 0.477. The molecule has 7 nitrogen and oxygen atoms in total. The Bertz CT molecular complexity index is 1370. The van der Waals surface area contributed by atoms with Gasteiger partial charge in [0.1, 0.15) is 34.4 Å². The number of hydrogen-bond donors (Lipinski definition) is 1. The number of likely N-dealkylation sites (tertiary alicyclic amines) is 1. The van der Waals surface area contributed by atoms with E-state index >= 15 is 0 Å². The van der Waals surface area contributed by atoms with Crippen molar-refractivity contribution in [1.82, 2.24) is 19.3 Å². The zero-order chi connectivity index (χ0) is 22.8. The molecule has 4 aromatic rings. The largest absolute Gasteiger partial charge is 0.457 e. The summed E-state index contributed by atoms with van der Waals surface area (Å²) in [6, 6.07) is 17.2. The molecule has 0 radical (unpaired) electrons. The summed E-state index contributed by atoms with van der Waals surface area (Å²) >= 11 is 0. The summed E-state index contributed by atoms with van der Waals surface area (Å²) < 4.78 is 7.86. The molecule has 2 N–H and O–H groups in total. The molecule has 3 heterocycles. The minimum absolute atomic E-state index is 0.165. The van der Waals surface area contributed by atoms with E-state index in [1.54, 1.807) is 18.0 Å². The van der Waals surface area contributed by atoms with Gasteiger partial charge in [0.2, 0.25) is 0 Å². The first-order valence-electron chi connectivity index (χ1n) is 10.8. The van der Waals surface area contributed by atoms with Crippen LogP contribution in [0.5, 0.6) is 11.5 Å². The van der Waals surface area contributed by atoms with E-state index in [9.17, 15) is 4.79 Å². The number of para-hydroxylation sites is 1. The van der Waals surface area contributed by atoms with E-state index in [-0.39, 0.29) is 11.9 Å². The molecule has 0 bridgehead atoms. The second-order valence-electron chi connectivity index (χ2n) is 7.82. The standard InChI is InChI=1S/C26H23N5O2/c1-2-7-22(32)30-16-6-10-21(30)26-29-23(24-25(27)28-15-17-31(24)26)18-11-13-20(14-12-18)33-19-8-4-3-5-9-19/h3-5,8-9,11-15,17,21H,6,10,16H2,1H3,(H2,27,28)/t21-/m0/s1. The molecule has 0 unspecified atom stereocenters. The van der Waals surface area contributed by atoms with Gasteiger partial charge in [0.05, 0.1) is 6.04 Å². The van der Waals surface area contributed by atoms with Gasteiger partial charge >= 0.3 is 0 Å². The first-order valence-corrected chi connectivity index (χ1v) is 10.8. The van der Waals surface area contributed by atoms with Gasteiger partial charge < -0.3 is 15.4 Å². The Kier molecular flexibility index (Phi) is 5.41. The summed E-state index contributed by atoms with van der Waals surface area (Å²) in [6.45, 7) is 2.33. The maximum absolute atomic E-state index is 12.6. The number of benzene rings is 2. The predicted octanol–water partition coefficient (Wildman–Crippen LogP) is 4.46. The SMILES string of the molecule is CC#CC(=O)N1CCC[C@H]1c1nc(-c2ccc(Oc3ccccc3)cc2)c2c(N)nccn12. The van der Waals surface area contributed by atoms with Crippen molar-refractivity contribution in [2.75, 3.05) is 12.3 Å². The number of nitrogens with two attached hydrogens (primary N) is 1. The second kappa shape index (κ2) is 8.67. The van der Waals surface area contributed by atoms with Crippen LogP contribution in [0.3, 0.4) is 0 Å². The van der Waals surface area contributed by atoms with E-state index in [0.717, 1.165) is 46.9 Å². The predicted molar refractivity (Wildman–Crippen MR) is 126 cm³/mol. The summed E-state index contributed by atoms with van der Waals surface area (Å²) in [5, 5.41) is 0. The Morgan fingerprint density at radius 1 is 1.12 bits per heavy atom. The maximum Gasteiger partial charge on any atom is 0.299 e. The number of imidazole rings is 1. The van der Waals surface area contributed by atoms with Crippen LogP contribution in [-0.4, -0.2) is 31.7 Å². The summed E-state index contributed by atoms with van der Waals surface area (Å²) in [6.07, 6.45) is 5.22. The van der Waals surface area contributed by atoms with Crippen LogP contribution in [0.2, 0.25) is 0 Å². The van der Waals surface area contributed by atoms with E-state index in [1.165, 1.54) is 0 Å². The molecule has 0 aliphatic carbocycles. The third kappa shape index (κ3) is 3.87. The smallest absolute Gasteiger partial charge is 0.299 e. The number of amides is 1. The molecule has 1 fully saturated rings. The van der Waals surface area contributed by atoms with Gasteiger partial charge in [-0.15, -0.1) is 0 Å². The molecule has 0 spiro atoms. The van der Waals surface area contributed by atoms with Gasteiger partial charge in [0.15, 0.2) is 0 Å². The number of nitrogen functional groups attached to an aromatic ring is 1. The van der Waals surface area contributed by atoms with Crippen LogP contribution in [0.4, 0.5) is 5.82 Å². The first-order chi connectivity index (χ1) is 16.2. The normalized spacial score (nSPS) is 15.3. The number of ether oxygens (including phenoxy) is 1. The Balaban J connectivity index is 1.54. The lowest BCUT2D eigenvalue weighted by Crippen LogP contribution is -2.30. The monoisotopic (exact) mass is 437 g/mol. The van der Waals surface area contributed by atoms with Crippen molar-refractivity contribution in [1.29, 1.82) is 0 Å². The van der Waals surface area contributed by atoms with Crippen molar-refractivity contribution < 1.29 is 9.53 Å². The number of aromatic nitrogens is 3. The number of carbonyl (C=O) groups is 1. The fourth-order valence-corrected chi connectivity index (χ4v) is 4.29. The van der Waals surface area contributed by atoms with E-state index in [0.29, 0.717) is 12.4 Å². The van der Waals surface area contributed by atoms with Crippen molar-refractivity contribution in [2.24, 2.45) is 0 Å². The van der Waals surface area contributed by atoms with Crippen molar-refractivity contribution >= 4 is 17.2 Å². The number of nitrogens with zero attached hydrogens (tertiary/aromatic N) is 4. The highest BCUT2D eigenvalue weighted by Gasteiger charge is 2.33. The number of carbonyl (C=O) groups excluding carboxylic acids is 1. The molecular weight excluding hydrogens is 414 g/mol. The lowest BCUT2D eigenvalue weighted by atomic mass is 10.1. The molecular formula is C26H23N5O2. The Labute approximate surface area is 191 Å². The molecule has 2 aromatic heterocycles. The first kappa shape index (κ1) is 20.6. The Morgan fingerprint density at radius 2 is 1.88 bits per heavy atom. The van der Waals surface area contributed by atoms with Crippen LogP contribution in [0.25, 0.3) is 16.8 Å². The van der Waals surface area contributed by atoms with Crippen molar-refractivity contribution in [3.05, 3.63) is 72.8 Å². The topological polar surface area (TPSA) is 85.8 Å². The Morgan fingerprint density at radius 3 is 2.64 bits per heavy atom. The second-order valence-corrected chi connectivity index (χ2v) is 7.82. The van der Waals surface area contributed by atoms with E-state index in [2.05, 4.69) is 16.8 Å². The van der Waals surface area contributed by atoms with Crippen LogP contribution in [0, 0.1) is 11.8 Å². The molecule has 2 aromatic carbocycles.